The van der Waals surface area contributed by atoms with Crippen LogP contribution < -0.4 is 9.47 Å². The molecular formula is C23H22N4O3S. The molecule has 8 heteroatoms. The van der Waals surface area contributed by atoms with Crippen LogP contribution in [0.25, 0.3) is 6.08 Å². The molecule has 2 aliphatic rings. The van der Waals surface area contributed by atoms with Crippen molar-refractivity contribution in [2.45, 2.75) is 20.3 Å². The molecule has 4 rings (SSSR count). The third-order valence-electron chi connectivity index (χ3n) is 4.65. The van der Waals surface area contributed by atoms with Crippen molar-refractivity contribution in [2.75, 3.05) is 13.2 Å². The minimum absolute atomic E-state index is 0.0171. The molecule has 0 spiro atoms. The molecule has 158 valence electrons. The van der Waals surface area contributed by atoms with Gasteiger partial charge in [-0.25, -0.2) is 0 Å². The van der Waals surface area contributed by atoms with E-state index in [0.29, 0.717) is 29.7 Å². The number of para-hydroxylation sites is 1. The molecule has 0 saturated heterocycles. The lowest BCUT2D eigenvalue weighted by Gasteiger charge is -2.20. The predicted octanol–water partition coefficient (Wildman–Crippen LogP) is 4.48. The molecule has 0 fully saturated rings. The largest absolute Gasteiger partial charge is 0.490 e. The Labute approximate surface area is 185 Å². The van der Waals surface area contributed by atoms with Crippen molar-refractivity contribution in [2.24, 2.45) is 10.1 Å². The number of nitrogens with zero attached hydrogens (tertiary/aromatic N) is 3. The second kappa shape index (κ2) is 9.18. The van der Waals surface area contributed by atoms with Gasteiger partial charge in [0.05, 0.1) is 5.57 Å². The van der Waals surface area contributed by atoms with Gasteiger partial charge < -0.3 is 9.47 Å². The van der Waals surface area contributed by atoms with Crippen LogP contribution in [0.5, 0.6) is 11.5 Å². The van der Waals surface area contributed by atoms with Crippen LogP contribution in [0.4, 0.5) is 0 Å². The molecule has 31 heavy (non-hydrogen) atoms. The Kier molecular flexibility index (Phi) is 6.18. The highest BCUT2D eigenvalue weighted by Crippen LogP contribution is 2.30. The van der Waals surface area contributed by atoms with Gasteiger partial charge in [-0.3, -0.25) is 10.2 Å². The maximum atomic E-state index is 12.6. The number of aliphatic imine (C=N–C) groups is 1. The second-order valence-corrected chi connectivity index (χ2v) is 7.96. The van der Waals surface area contributed by atoms with Gasteiger partial charge in [0, 0.05) is 5.56 Å². The summed E-state index contributed by atoms with van der Waals surface area (Å²) in [6, 6.07) is 15.2. The zero-order valence-corrected chi connectivity index (χ0v) is 18.1. The molecule has 0 saturated carbocycles. The number of nitrogens with one attached hydrogen (secondary N) is 1. The van der Waals surface area contributed by atoms with E-state index in [1.807, 2.05) is 62.4 Å². The van der Waals surface area contributed by atoms with Crippen molar-refractivity contribution < 1.29 is 14.3 Å². The van der Waals surface area contributed by atoms with Gasteiger partial charge in [-0.15, -0.1) is 0 Å². The lowest BCUT2D eigenvalue weighted by Crippen LogP contribution is -2.35. The number of hydrogen-bond acceptors (Lipinski definition) is 6. The molecule has 2 heterocycles. The summed E-state index contributed by atoms with van der Waals surface area (Å²) in [7, 11) is 0. The number of hydrazone groups is 1. The van der Waals surface area contributed by atoms with Crippen molar-refractivity contribution in [3.63, 3.8) is 0 Å². The first-order valence-electron chi connectivity index (χ1n) is 9.95. The molecule has 0 unspecified atom stereocenters. The van der Waals surface area contributed by atoms with Crippen LogP contribution in [0.1, 0.15) is 24.5 Å². The summed E-state index contributed by atoms with van der Waals surface area (Å²) in [5.41, 5.74) is 2.04. The first-order chi connectivity index (χ1) is 15.0. The number of carbonyl (C=O) groups excluding carboxylic acids is 1. The Morgan fingerprint density at radius 3 is 2.61 bits per heavy atom. The van der Waals surface area contributed by atoms with Crippen LogP contribution in [0, 0.1) is 12.3 Å². The van der Waals surface area contributed by atoms with Crippen LogP contribution in [0.15, 0.2) is 64.2 Å². The highest BCUT2D eigenvalue weighted by atomic mass is 32.2. The van der Waals surface area contributed by atoms with Gasteiger partial charge in [-0.2, -0.15) is 15.1 Å². The van der Waals surface area contributed by atoms with Gasteiger partial charge in [-0.1, -0.05) is 42.8 Å². The Balaban J connectivity index is 1.46. The van der Waals surface area contributed by atoms with Gasteiger partial charge in [-0.05, 0) is 49.4 Å². The number of benzene rings is 2. The molecule has 2 aromatic carbocycles. The van der Waals surface area contributed by atoms with Gasteiger partial charge in [0.25, 0.3) is 5.91 Å². The predicted molar refractivity (Wildman–Crippen MR) is 124 cm³/mol. The quantitative estimate of drug-likeness (QED) is 0.513. The number of thioether (sulfide) groups is 1. The van der Waals surface area contributed by atoms with Crippen LogP contribution in [-0.2, 0) is 4.79 Å². The molecule has 0 aliphatic carbocycles. The van der Waals surface area contributed by atoms with E-state index in [1.165, 1.54) is 22.3 Å². The normalized spacial score (nSPS) is 16.8. The van der Waals surface area contributed by atoms with Gasteiger partial charge >= 0.3 is 0 Å². The number of hydrogen-bond donors (Lipinski definition) is 1. The standard InChI is InChI=1S/C23H22N4O3S/c1-3-20-26-27-21(24)18(22(28)25-23(27)31-20)14-16-6-4-5-7-19(16)30-13-12-29-17-10-8-15(2)9-11-17/h4-11,14,24H,3,12-13H2,1-2H3. The summed E-state index contributed by atoms with van der Waals surface area (Å²) in [6.07, 6.45) is 2.35. The van der Waals surface area contributed by atoms with E-state index in [2.05, 4.69) is 10.1 Å². The van der Waals surface area contributed by atoms with E-state index < -0.39 is 5.91 Å². The zero-order valence-electron chi connectivity index (χ0n) is 17.3. The van der Waals surface area contributed by atoms with E-state index in [1.54, 1.807) is 6.08 Å². The van der Waals surface area contributed by atoms with Gasteiger partial charge in [0.2, 0.25) is 5.17 Å². The SMILES string of the molecule is CCC1=NN2C(=N)C(=Cc3ccccc3OCCOc3ccc(C)cc3)C(=O)N=C2S1. The average Bonchev–Trinajstić information content (AvgIpc) is 3.19. The van der Waals surface area contributed by atoms with Crippen molar-refractivity contribution >= 4 is 39.8 Å². The number of fused-ring (bicyclic) bond motifs is 1. The van der Waals surface area contributed by atoms with Crippen LogP contribution in [0.2, 0.25) is 0 Å². The summed E-state index contributed by atoms with van der Waals surface area (Å²) in [6.45, 7) is 4.73. The third-order valence-corrected chi connectivity index (χ3v) is 5.70. The molecule has 2 aliphatic heterocycles. The third kappa shape index (κ3) is 4.69. The number of carbonyl (C=O) groups is 1. The fraction of sp³-hybridized carbons (Fsp3) is 0.217. The molecule has 1 N–H and O–H groups in total. The molecular weight excluding hydrogens is 412 g/mol. The van der Waals surface area contributed by atoms with Crippen LogP contribution in [0.3, 0.4) is 0 Å². The van der Waals surface area contributed by atoms with Crippen molar-refractivity contribution in [3.05, 3.63) is 65.2 Å². The lowest BCUT2D eigenvalue weighted by atomic mass is 10.1. The Morgan fingerprint density at radius 2 is 1.84 bits per heavy atom. The second-order valence-electron chi connectivity index (χ2n) is 6.92. The highest BCUT2D eigenvalue weighted by Gasteiger charge is 2.35. The fourth-order valence-electron chi connectivity index (χ4n) is 3.01. The maximum absolute atomic E-state index is 12.6. The maximum Gasteiger partial charge on any atom is 0.283 e. The fourth-order valence-corrected chi connectivity index (χ4v) is 3.83. The first kappa shape index (κ1) is 20.9. The molecule has 7 nitrogen and oxygen atoms in total. The number of aryl methyl sites for hydroxylation is 1. The van der Waals surface area contributed by atoms with E-state index in [-0.39, 0.29) is 11.4 Å². The van der Waals surface area contributed by atoms with Crippen molar-refractivity contribution in [1.29, 1.82) is 5.41 Å². The minimum atomic E-state index is -0.450. The monoisotopic (exact) mass is 434 g/mol. The van der Waals surface area contributed by atoms with Gasteiger partial charge in [0.1, 0.15) is 29.8 Å². The summed E-state index contributed by atoms with van der Waals surface area (Å²) in [5.74, 6) is 0.957. The summed E-state index contributed by atoms with van der Waals surface area (Å²) in [5, 5.41) is 15.5. The lowest BCUT2D eigenvalue weighted by molar-refractivity contribution is -0.114. The number of amides is 1. The molecule has 2 aromatic rings. The number of ether oxygens (including phenoxy) is 2. The highest BCUT2D eigenvalue weighted by molar-refractivity contribution is 8.26. The first-order valence-corrected chi connectivity index (χ1v) is 10.8. The van der Waals surface area contributed by atoms with E-state index in [0.717, 1.165) is 17.2 Å². The minimum Gasteiger partial charge on any atom is -0.490 e. The molecule has 1 amide bonds. The summed E-state index contributed by atoms with van der Waals surface area (Å²) in [4.78, 5) is 16.6. The van der Waals surface area contributed by atoms with E-state index >= 15 is 0 Å². The average molecular weight is 435 g/mol. The molecule has 0 bridgehead atoms. The zero-order chi connectivity index (χ0) is 21.8. The molecule has 0 aromatic heterocycles. The topological polar surface area (TPSA) is 87.3 Å². The Hall–Kier alpha value is -3.39. The van der Waals surface area contributed by atoms with Crippen LogP contribution in [-0.4, -0.2) is 40.2 Å². The molecule has 0 radical (unpaired) electrons. The Morgan fingerprint density at radius 1 is 1.10 bits per heavy atom. The van der Waals surface area contributed by atoms with Crippen LogP contribution >= 0.6 is 11.8 Å². The Bertz CT molecular complexity index is 1110. The number of rotatable bonds is 7. The van der Waals surface area contributed by atoms with Crippen molar-refractivity contribution in [1.82, 2.24) is 5.01 Å². The number of amidine groups is 2. The summed E-state index contributed by atoms with van der Waals surface area (Å²) < 4.78 is 11.6. The smallest absolute Gasteiger partial charge is 0.283 e. The van der Waals surface area contributed by atoms with E-state index in [9.17, 15) is 4.79 Å². The van der Waals surface area contributed by atoms with Crippen molar-refractivity contribution in [3.8, 4) is 11.5 Å². The van der Waals surface area contributed by atoms with Gasteiger partial charge in [0.15, 0.2) is 5.84 Å². The summed E-state index contributed by atoms with van der Waals surface area (Å²) >= 11 is 1.32. The van der Waals surface area contributed by atoms with E-state index in [4.69, 9.17) is 14.9 Å². The molecule has 0 atom stereocenters.